The standard InChI is InChI=1S/C9H13F3N2/c10-9(11,12)7-14(6-5-13)8-3-1-2-4-8/h8H,1-4,6-7H2. The lowest BCUT2D eigenvalue weighted by atomic mass is 10.2. The molecule has 1 aliphatic rings. The van der Waals surface area contributed by atoms with E-state index in [1.165, 1.54) is 4.90 Å². The third-order valence-electron chi connectivity index (χ3n) is 2.50. The smallest absolute Gasteiger partial charge is 0.279 e. The molecule has 0 atom stereocenters. The lowest BCUT2D eigenvalue weighted by Gasteiger charge is -2.26. The Morgan fingerprint density at radius 2 is 1.86 bits per heavy atom. The first kappa shape index (κ1) is 11.3. The first-order valence-corrected chi connectivity index (χ1v) is 4.70. The van der Waals surface area contributed by atoms with Gasteiger partial charge in [-0.25, -0.2) is 0 Å². The topological polar surface area (TPSA) is 27.0 Å². The first-order valence-electron chi connectivity index (χ1n) is 4.70. The summed E-state index contributed by atoms with van der Waals surface area (Å²) in [6.07, 6.45) is -0.663. The van der Waals surface area contributed by atoms with Gasteiger partial charge in [-0.15, -0.1) is 0 Å². The van der Waals surface area contributed by atoms with Crippen LogP contribution in [0.2, 0.25) is 0 Å². The fourth-order valence-electron chi connectivity index (χ4n) is 1.90. The molecule has 0 heterocycles. The van der Waals surface area contributed by atoms with Crippen molar-refractivity contribution in [2.75, 3.05) is 13.1 Å². The molecular weight excluding hydrogens is 193 g/mol. The molecule has 5 heteroatoms. The Labute approximate surface area is 81.3 Å². The summed E-state index contributed by atoms with van der Waals surface area (Å²) in [5.74, 6) is 0. The first-order chi connectivity index (χ1) is 6.53. The number of hydrogen-bond donors (Lipinski definition) is 0. The predicted molar refractivity (Wildman–Crippen MR) is 45.5 cm³/mol. The number of rotatable bonds is 3. The van der Waals surface area contributed by atoms with Gasteiger partial charge in [-0.3, -0.25) is 4.90 Å². The van der Waals surface area contributed by atoms with Crippen molar-refractivity contribution in [3.05, 3.63) is 0 Å². The third kappa shape index (κ3) is 3.54. The SMILES string of the molecule is N#CCN(CC(F)(F)F)C1CCCC1. The Hall–Kier alpha value is -0.760. The number of halogens is 3. The van der Waals surface area contributed by atoms with Crippen LogP contribution in [0.5, 0.6) is 0 Å². The van der Waals surface area contributed by atoms with Gasteiger partial charge in [0.25, 0.3) is 0 Å². The molecule has 0 aliphatic heterocycles. The van der Waals surface area contributed by atoms with E-state index in [1.807, 2.05) is 0 Å². The van der Waals surface area contributed by atoms with E-state index in [0.29, 0.717) is 0 Å². The quantitative estimate of drug-likeness (QED) is 0.662. The van der Waals surface area contributed by atoms with Gasteiger partial charge in [-0.05, 0) is 12.8 Å². The minimum atomic E-state index is -4.19. The van der Waals surface area contributed by atoms with Crippen LogP contribution in [0.3, 0.4) is 0 Å². The number of nitrogens with zero attached hydrogens (tertiary/aromatic N) is 2. The van der Waals surface area contributed by atoms with Gasteiger partial charge < -0.3 is 0 Å². The van der Waals surface area contributed by atoms with Crippen LogP contribution in [0.4, 0.5) is 13.2 Å². The van der Waals surface area contributed by atoms with Crippen molar-refractivity contribution in [3.63, 3.8) is 0 Å². The lowest BCUT2D eigenvalue weighted by molar-refractivity contribution is -0.149. The number of nitriles is 1. The van der Waals surface area contributed by atoms with Gasteiger partial charge in [-0.2, -0.15) is 18.4 Å². The van der Waals surface area contributed by atoms with Gasteiger partial charge in [0.05, 0.1) is 19.2 Å². The van der Waals surface area contributed by atoms with Crippen molar-refractivity contribution in [3.8, 4) is 6.07 Å². The van der Waals surface area contributed by atoms with Crippen molar-refractivity contribution >= 4 is 0 Å². The highest BCUT2D eigenvalue weighted by Crippen LogP contribution is 2.26. The van der Waals surface area contributed by atoms with E-state index >= 15 is 0 Å². The van der Waals surface area contributed by atoms with E-state index in [9.17, 15) is 13.2 Å². The van der Waals surface area contributed by atoms with E-state index < -0.39 is 12.7 Å². The van der Waals surface area contributed by atoms with Crippen LogP contribution in [0.25, 0.3) is 0 Å². The summed E-state index contributed by atoms with van der Waals surface area (Å²) in [6.45, 7) is -1.07. The largest absolute Gasteiger partial charge is 0.401 e. The van der Waals surface area contributed by atoms with Crippen LogP contribution in [-0.4, -0.2) is 30.2 Å². The van der Waals surface area contributed by atoms with Gasteiger partial charge in [0.2, 0.25) is 0 Å². The van der Waals surface area contributed by atoms with E-state index in [2.05, 4.69) is 0 Å². The highest BCUT2D eigenvalue weighted by atomic mass is 19.4. The fourth-order valence-corrected chi connectivity index (χ4v) is 1.90. The highest BCUT2D eigenvalue weighted by molar-refractivity contribution is 4.85. The fraction of sp³-hybridized carbons (Fsp3) is 0.889. The third-order valence-corrected chi connectivity index (χ3v) is 2.50. The van der Waals surface area contributed by atoms with Crippen molar-refractivity contribution < 1.29 is 13.2 Å². The molecule has 0 radical (unpaired) electrons. The molecular formula is C9H13F3N2. The molecule has 0 unspecified atom stereocenters. The monoisotopic (exact) mass is 206 g/mol. The normalized spacial score (nSPS) is 18.8. The molecule has 0 amide bonds. The number of alkyl halides is 3. The summed E-state index contributed by atoms with van der Waals surface area (Å²) in [5, 5.41) is 8.43. The molecule has 80 valence electrons. The zero-order valence-corrected chi connectivity index (χ0v) is 7.85. The molecule has 0 aromatic carbocycles. The van der Waals surface area contributed by atoms with Crippen LogP contribution < -0.4 is 0 Å². The zero-order valence-electron chi connectivity index (χ0n) is 7.85. The van der Waals surface area contributed by atoms with Gasteiger partial charge in [0, 0.05) is 6.04 Å². The second-order valence-electron chi connectivity index (χ2n) is 3.62. The maximum Gasteiger partial charge on any atom is 0.401 e. The van der Waals surface area contributed by atoms with Crippen LogP contribution >= 0.6 is 0 Å². The molecule has 1 saturated carbocycles. The maximum absolute atomic E-state index is 12.1. The van der Waals surface area contributed by atoms with Crippen LogP contribution in [-0.2, 0) is 0 Å². The summed E-state index contributed by atoms with van der Waals surface area (Å²) in [4.78, 5) is 1.24. The van der Waals surface area contributed by atoms with E-state index in [4.69, 9.17) is 5.26 Å². The molecule has 14 heavy (non-hydrogen) atoms. The summed E-state index contributed by atoms with van der Waals surface area (Å²) in [6, 6.07) is 1.75. The van der Waals surface area contributed by atoms with Gasteiger partial charge in [-0.1, -0.05) is 12.8 Å². The van der Waals surface area contributed by atoms with Gasteiger partial charge in [0.1, 0.15) is 0 Å². The minimum Gasteiger partial charge on any atom is -0.279 e. The Morgan fingerprint density at radius 3 is 2.29 bits per heavy atom. The molecule has 1 fully saturated rings. The van der Waals surface area contributed by atoms with Crippen molar-refractivity contribution in [1.29, 1.82) is 5.26 Å². The van der Waals surface area contributed by atoms with Crippen LogP contribution in [0.15, 0.2) is 0 Å². The van der Waals surface area contributed by atoms with Crippen LogP contribution in [0.1, 0.15) is 25.7 Å². The molecule has 0 N–H and O–H groups in total. The lowest BCUT2D eigenvalue weighted by Crippen LogP contribution is -2.40. The minimum absolute atomic E-state index is 0.0451. The van der Waals surface area contributed by atoms with Crippen LogP contribution in [0, 0.1) is 11.3 Å². The Bertz CT molecular complexity index is 213. The molecule has 0 saturated heterocycles. The van der Waals surface area contributed by atoms with Gasteiger partial charge >= 0.3 is 6.18 Å². The second kappa shape index (κ2) is 4.65. The Kier molecular flexibility index (Phi) is 3.76. The second-order valence-corrected chi connectivity index (χ2v) is 3.62. The zero-order chi connectivity index (χ0) is 10.6. The van der Waals surface area contributed by atoms with Gasteiger partial charge in [0.15, 0.2) is 0 Å². The van der Waals surface area contributed by atoms with Crippen molar-refractivity contribution in [2.24, 2.45) is 0 Å². The highest BCUT2D eigenvalue weighted by Gasteiger charge is 2.34. The Balaban J connectivity index is 2.50. The summed E-state index contributed by atoms with van der Waals surface area (Å²) in [7, 11) is 0. The van der Waals surface area contributed by atoms with E-state index in [0.717, 1.165) is 25.7 Å². The Morgan fingerprint density at radius 1 is 1.29 bits per heavy atom. The van der Waals surface area contributed by atoms with E-state index in [-0.39, 0.29) is 12.6 Å². The average Bonchev–Trinajstić information content (AvgIpc) is 2.52. The van der Waals surface area contributed by atoms with Crippen molar-refractivity contribution in [2.45, 2.75) is 37.9 Å². The summed E-state index contributed by atoms with van der Waals surface area (Å²) in [5.41, 5.74) is 0. The molecule has 0 bridgehead atoms. The average molecular weight is 206 g/mol. The molecule has 0 spiro atoms. The molecule has 2 nitrogen and oxygen atoms in total. The predicted octanol–water partition coefficient (Wildman–Crippen LogP) is 2.32. The molecule has 1 rings (SSSR count). The molecule has 0 aromatic rings. The summed E-state index contributed by atoms with van der Waals surface area (Å²) < 4.78 is 36.4. The molecule has 0 aromatic heterocycles. The maximum atomic E-state index is 12.1. The van der Waals surface area contributed by atoms with E-state index in [1.54, 1.807) is 6.07 Å². The summed E-state index contributed by atoms with van der Waals surface area (Å²) >= 11 is 0. The van der Waals surface area contributed by atoms with Crippen molar-refractivity contribution in [1.82, 2.24) is 4.90 Å². The molecule has 1 aliphatic carbocycles. The number of hydrogen-bond acceptors (Lipinski definition) is 2.